The summed E-state index contributed by atoms with van der Waals surface area (Å²) in [6.07, 6.45) is 0. The van der Waals surface area contributed by atoms with Crippen molar-refractivity contribution in [1.82, 2.24) is 15.0 Å². The fourth-order valence-corrected chi connectivity index (χ4v) is 7.35. The molecule has 238 valence electrons. The van der Waals surface area contributed by atoms with Crippen LogP contribution < -0.4 is 0 Å². The van der Waals surface area contributed by atoms with Gasteiger partial charge in [0.25, 0.3) is 0 Å². The molecule has 0 saturated heterocycles. The Morgan fingerprint density at radius 3 is 1.71 bits per heavy atom. The fraction of sp³-hybridized carbons (Fsp3) is 0. The lowest BCUT2D eigenvalue weighted by Gasteiger charge is -2.09. The van der Waals surface area contributed by atoms with Crippen molar-refractivity contribution in [2.45, 2.75) is 0 Å². The van der Waals surface area contributed by atoms with Crippen LogP contribution >= 0.6 is 0 Å². The van der Waals surface area contributed by atoms with Gasteiger partial charge in [-0.2, -0.15) is 0 Å². The number of rotatable bonds is 4. The molecule has 0 radical (unpaired) electrons. The molecule has 7 aromatic carbocycles. The zero-order chi connectivity index (χ0) is 33.5. The molecule has 4 aromatic heterocycles. The largest absolute Gasteiger partial charge is 0.456 e. The molecule has 11 aromatic rings. The van der Waals surface area contributed by atoms with E-state index in [0.29, 0.717) is 17.5 Å². The summed E-state index contributed by atoms with van der Waals surface area (Å²) in [5.41, 5.74) is 9.56. The zero-order valence-electron chi connectivity index (χ0n) is 27.0. The van der Waals surface area contributed by atoms with Crippen LogP contribution in [0.4, 0.5) is 0 Å². The van der Waals surface area contributed by atoms with E-state index in [1.165, 1.54) is 0 Å². The van der Waals surface area contributed by atoms with E-state index >= 15 is 0 Å². The number of hydrogen-bond donors (Lipinski definition) is 0. The third kappa shape index (κ3) is 4.33. The average Bonchev–Trinajstić information content (AvgIpc) is 3.87. The monoisotopic (exact) mass is 655 g/mol. The minimum atomic E-state index is 0.589. The zero-order valence-corrected chi connectivity index (χ0v) is 27.0. The second-order valence-electron chi connectivity index (χ2n) is 12.8. The second-order valence-corrected chi connectivity index (χ2v) is 12.8. The Kier molecular flexibility index (Phi) is 5.86. The van der Waals surface area contributed by atoms with E-state index in [1.807, 2.05) is 97.1 Å². The van der Waals surface area contributed by atoms with Crippen LogP contribution in [0.25, 0.3) is 111 Å². The Bertz CT molecular complexity index is 3080. The lowest BCUT2D eigenvalue weighted by Crippen LogP contribution is -2.00. The van der Waals surface area contributed by atoms with Crippen LogP contribution in [0.1, 0.15) is 0 Å². The average molecular weight is 656 g/mol. The quantitative estimate of drug-likeness (QED) is 0.188. The number of nitrogens with zero attached hydrogens (tertiary/aromatic N) is 3. The molecule has 0 bridgehead atoms. The standard InChI is InChI=1S/C45H25N3O3/c1-3-11-26(12-4-1)43-46-44(27-13-5-2-6-14-27)48-45(47-43)33-18-10-20-37-41(33)32-22-21-28(23-38(32)50-37)29-16-9-17-31-35-24-34-30-15-7-8-19-36(30)49-39(34)25-40(35)51-42(29)31/h1-25H. The summed E-state index contributed by atoms with van der Waals surface area (Å²) in [6, 6.07) is 51.0. The van der Waals surface area contributed by atoms with Gasteiger partial charge in [-0.15, -0.1) is 0 Å². The lowest BCUT2D eigenvalue weighted by atomic mass is 9.99. The fourth-order valence-electron chi connectivity index (χ4n) is 7.35. The number of hydrogen-bond acceptors (Lipinski definition) is 6. The molecule has 0 aliphatic rings. The number of para-hydroxylation sites is 2. The molecule has 0 atom stereocenters. The maximum Gasteiger partial charge on any atom is 0.164 e. The van der Waals surface area contributed by atoms with Crippen LogP contribution in [0.15, 0.2) is 165 Å². The van der Waals surface area contributed by atoms with Crippen molar-refractivity contribution >= 4 is 65.8 Å². The van der Waals surface area contributed by atoms with Crippen molar-refractivity contribution in [2.75, 3.05) is 0 Å². The first-order chi connectivity index (χ1) is 25.2. The van der Waals surface area contributed by atoms with Crippen LogP contribution in [-0.2, 0) is 0 Å². The highest BCUT2D eigenvalue weighted by Gasteiger charge is 2.20. The van der Waals surface area contributed by atoms with Crippen LogP contribution in [0.3, 0.4) is 0 Å². The summed E-state index contributed by atoms with van der Waals surface area (Å²) in [5, 5.41) is 6.23. The molecular formula is C45H25N3O3. The third-order valence-corrected chi connectivity index (χ3v) is 9.74. The van der Waals surface area contributed by atoms with E-state index in [4.69, 9.17) is 28.2 Å². The summed E-state index contributed by atoms with van der Waals surface area (Å²) in [5.74, 6) is 1.82. The van der Waals surface area contributed by atoms with Crippen molar-refractivity contribution in [3.05, 3.63) is 152 Å². The molecule has 0 fully saturated rings. The molecule has 0 saturated carbocycles. The highest BCUT2D eigenvalue weighted by Crippen LogP contribution is 2.42. The Morgan fingerprint density at radius 1 is 0.314 bits per heavy atom. The normalized spacial score (nSPS) is 11.9. The molecule has 0 N–H and O–H groups in total. The number of benzene rings is 7. The second kappa shape index (κ2) is 10.7. The smallest absolute Gasteiger partial charge is 0.164 e. The van der Waals surface area contributed by atoms with Gasteiger partial charge in [0.1, 0.15) is 33.5 Å². The van der Waals surface area contributed by atoms with Crippen LogP contribution in [0.2, 0.25) is 0 Å². The Labute approximate surface area is 290 Å². The molecular weight excluding hydrogens is 631 g/mol. The Balaban J connectivity index is 1.07. The third-order valence-electron chi connectivity index (χ3n) is 9.74. The molecule has 6 heteroatoms. The van der Waals surface area contributed by atoms with E-state index in [0.717, 1.165) is 93.6 Å². The topological polar surface area (TPSA) is 78.1 Å². The first-order valence-corrected chi connectivity index (χ1v) is 16.8. The van der Waals surface area contributed by atoms with Crippen molar-refractivity contribution in [1.29, 1.82) is 0 Å². The van der Waals surface area contributed by atoms with Gasteiger partial charge in [-0.25, -0.2) is 15.0 Å². The van der Waals surface area contributed by atoms with Gasteiger partial charge >= 0.3 is 0 Å². The molecule has 0 aliphatic heterocycles. The summed E-state index contributed by atoms with van der Waals surface area (Å²) in [6.45, 7) is 0. The maximum atomic E-state index is 6.57. The highest BCUT2D eigenvalue weighted by molar-refractivity contribution is 6.17. The first-order valence-electron chi connectivity index (χ1n) is 16.8. The van der Waals surface area contributed by atoms with Crippen LogP contribution in [0.5, 0.6) is 0 Å². The minimum absolute atomic E-state index is 0.589. The van der Waals surface area contributed by atoms with Gasteiger partial charge in [-0.3, -0.25) is 0 Å². The summed E-state index contributed by atoms with van der Waals surface area (Å²) in [7, 11) is 0. The van der Waals surface area contributed by atoms with Gasteiger partial charge in [0.05, 0.1) is 0 Å². The van der Waals surface area contributed by atoms with E-state index in [2.05, 4.69) is 54.6 Å². The van der Waals surface area contributed by atoms with Crippen molar-refractivity contribution in [3.8, 4) is 45.3 Å². The van der Waals surface area contributed by atoms with E-state index in [9.17, 15) is 0 Å². The summed E-state index contributed by atoms with van der Waals surface area (Å²) >= 11 is 0. The van der Waals surface area contributed by atoms with Gasteiger partial charge < -0.3 is 13.3 Å². The van der Waals surface area contributed by atoms with Crippen LogP contribution in [0, 0.1) is 0 Å². The summed E-state index contributed by atoms with van der Waals surface area (Å²) in [4.78, 5) is 14.9. The van der Waals surface area contributed by atoms with Crippen molar-refractivity contribution < 1.29 is 13.3 Å². The van der Waals surface area contributed by atoms with E-state index in [1.54, 1.807) is 0 Å². The molecule has 0 amide bonds. The van der Waals surface area contributed by atoms with Crippen LogP contribution in [-0.4, -0.2) is 15.0 Å². The molecule has 51 heavy (non-hydrogen) atoms. The molecule has 6 nitrogen and oxygen atoms in total. The molecule has 0 unspecified atom stereocenters. The van der Waals surface area contributed by atoms with E-state index < -0.39 is 0 Å². The predicted molar refractivity (Wildman–Crippen MR) is 203 cm³/mol. The Morgan fingerprint density at radius 2 is 0.902 bits per heavy atom. The van der Waals surface area contributed by atoms with Gasteiger partial charge in [-0.1, -0.05) is 115 Å². The molecule has 11 rings (SSSR count). The minimum Gasteiger partial charge on any atom is -0.456 e. The molecule has 0 aliphatic carbocycles. The molecule has 0 spiro atoms. The number of furan rings is 3. The van der Waals surface area contributed by atoms with Gasteiger partial charge in [-0.05, 0) is 35.9 Å². The summed E-state index contributed by atoms with van der Waals surface area (Å²) < 4.78 is 19.3. The SMILES string of the molecule is c1ccc(-c2nc(-c3ccccc3)nc(-c3cccc4oc5cc(-c6cccc7c6oc6cc8oc9ccccc9c8cc67)ccc5c34)n2)cc1. The highest BCUT2D eigenvalue weighted by atomic mass is 16.3. The van der Waals surface area contributed by atoms with Gasteiger partial charge in [0.2, 0.25) is 0 Å². The Hall–Kier alpha value is -7.05. The number of aromatic nitrogens is 3. The van der Waals surface area contributed by atoms with Crippen molar-refractivity contribution in [2.24, 2.45) is 0 Å². The first kappa shape index (κ1) is 27.9. The van der Waals surface area contributed by atoms with Gasteiger partial charge in [0, 0.05) is 60.6 Å². The van der Waals surface area contributed by atoms with E-state index in [-0.39, 0.29) is 0 Å². The lowest BCUT2D eigenvalue weighted by molar-refractivity contribution is 0.656. The molecule has 4 heterocycles. The van der Waals surface area contributed by atoms with Crippen molar-refractivity contribution in [3.63, 3.8) is 0 Å². The maximum absolute atomic E-state index is 6.57. The number of fused-ring (bicyclic) bond motifs is 9. The predicted octanol–water partition coefficient (Wildman–Crippen LogP) is 12.2. The van der Waals surface area contributed by atoms with Gasteiger partial charge in [0.15, 0.2) is 17.5 Å².